The van der Waals surface area contributed by atoms with Crippen molar-refractivity contribution in [2.75, 3.05) is 26.2 Å². The third kappa shape index (κ3) is 5.41. The number of rotatable bonds is 9. The quantitative estimate of drug-likeness (QED) is 0.630. The lowest BCUT2D eigenvalue weighted by Crippen LogP contribution is -2.36. The van der Waals surface area contributed by atoms with Gasteiger partial charge in [-0.05, 0) is 36.3 Å². The highest BCUT2D eigenvalue weighted by Crippen LogP contribution is 2.27. The number of nitrogens with one attached hydrogen (secondary N) is 1. The first kappa shape index (κ1) is 21.0. The van der Waals surface area contributed by atoms with Crippen molar-refractivity contribution in [1.82, 2.24) is 9.62 Å². The van der Waals surface area contributed by atoms with Gasteiger partial charge in [-0.25, -0.2) is 8.42 Å². The van der Waals surface area contributed by atoms with Gasteiger partial charge < -0.3 is 10.1 Å². The number of hydrogen-bond acceptors (Lipinski definition) is 5. The van der Waals surface area contributed by atoms with E-state index in [9.17, 15) is 13.2 Å². The normalized spacial score (nSPS) is 15.4. The summed E-state index contributed by atoms with van der Waals surface area (Å²) in [7, 11) is -3.61. The van der Waals surface area contributed by atoms with Crippen LogP contribution in [0.4, 0.5) is 0 Å². The Balaban J connectivity index is 1.47. The van der Waals surface area contributed by atoms with Crippen LogP contribution in [0, 0.1) is 0 Å². The highest BCUT2D eigenvalue weighted by atomic mass is 32.2. The predicted molar refractivity (Wildman–Crippen MR) is 110 cm³/mol. The fourth-order valence-electron chi connectivity index (χ4n) is 3.13. The number of benzene rings is 1. The lowest BCUT2D eigenvalue weighted by atomic mass is 10.2. The molecule has 1 aliphatic heterocycles. The van der Waals surface area contributed by atoms with E-state index in [0.717, 1.165) is 36.2 Å². The Hall–Kier alpha value is -1.74. The summed E-state index contributed by atoms with van der Waals surface area (Å²) in [5.74, 6) is -0.339. The first-order valence-electron chi connectivity index (χ1n) is 9.56. The van der Waals surface area contributed by atoms with Gasteiger partial charge in [0.25, 0.3) is 5.91 Å². The Morgan fingerprint density at radius 2 is 1.86 bits per heavy atom. The molecule has 1 saturated heterocycles. The highest BCUT2D eigenvalue weighted by Gasteiger charge is 2.30. The SMILES string of the molecule is O=C(NCCCOCc1ccccc1)c1sccc1S(=O)(=O)N1CCCCC1. The number of carbonyl (C=O) groups is 1. The Morgan fingerprint density at radius 1 is 1.11 bits per heavy atom. The van der Waals surface area contributed by atoms with E-state index < -0.39 is 10.0 Å². The molecule has 2 heterocycles. The number of hydrogen-bond donors (Lipinski definition) is 1. The van der Waals surface area contributed by atoms with Crippen LogP contribution in [-0.4, -0.2) is 44.9 Å². The van der Waals surface area contributed by atoms with Crippen LogP contribution in [0.5, 0.6) is 0 Å². The van der Waals surface area contributed by atoms with Gasteiger partial charge in [-0.3, -0.25) is 4.79 Å². The Morgan fingerprint density at radius 3 is 2.61 bits per heavy atom. The van der Waals surface area contributed by atoms with Crippen LogP contribution >= 0.6 is 11.3 Å². The molecule has 0 saturated carbocycles. The molecule has 6 nitrogen and oxygen atoms in total. The second-order valence-electron chi connectivity index (χ2n) is 6.73. The molecule has 1 N–H and O–H groups in total. The fraction of sp³-hybridized carbons (Fsp3) is 0.450. The van der Waals surface area contributed by atoms with E-state index in [2.05, 4.69) is 5.32 Å². The molecule has 8 heteroatoms. The van der Waals surface area contributed by atoms with Crippen molar-refractivity contribution < 1.29 is 17.9 Å². The Labute approximate surface area is 170 Å². The van der Waals surface area contributed by atoms with Crippen LogP contribution in [-0.2, 0) is 21.4 Å². The minimum absolute atomic E-state index is 0.122. The molecular weight excluding hydrogens is 396 g/mol. The average Bonchev–Trinajstić information content (AvgIpc) is 3.23. The molecule has 0 aliphatic carbocycles. The zero-order valence-electron chi connectivity index (χ0n) is 15.8. The minimum atomic E-state index is -3.61. The summed E-state index contributed by atoms with van der Waals surface area (Å²) < 4.78 is 32.8. The maximum atomic E-state index is 12.9. The molecule has 1 fully saturated rings. The van der Waals surface area contributed by atoms with E-state index in [0.29, 0.717) is 39.3 Å². The molecule has 1 aliphatic rings. The second-order valence-corrected chi connectivity index (χ2v) is 9.55. The summed E-state index contributed by atoms with van der Waals surface area (Å²) in [6, 6.07) is 11.4. The zero-order valence-corrected chi connectivity index (χ0v) is 17.4. The fourth-order valence-corrected chi connectivity index (χ4v) is 5.97. The number of amides is 1. The number of nitrogens with zero attached hydrogens (tertiary/aromatic N) is 1. The van der Waals surface area contributed by atoms with Crippen LogP contribution in [0.2, 0.25) is 0 Å². The van der Waals surface area contributed by atoms with Crippen molar-refractivity contribution in [2.45, 2.75) is 37.2 Å². The van der Waals surface area contributed by atoms with Crippen LogP contribution < -0.4 is 5.32 Å². The van der Waals surface area contributed by atoms with Crippen LogP contribution in [0.3, 0.4) is 0 Å². The smallest absolute Gasteiger partial charge is 0.262 e. The minimum Gasteiger partial charge on any atom is -0.377 e. The van der Waals surface area contributed by atoms with E-state index in [1.165, 1.54) is 10.4 Å². The van der Waals surface area contributed by atoms with Gasteiger partial charge in [-0.15, -0.1) is 11.3 Å². The number of sulfonamides is 1. The summed E-state index contributed by atoms with van der Waals surface area (Å²) in [6.07, 6.45) is 3.45. The summed E-state index contributed by atoms with van der Waals surface area (Å²) in [6.45, 7) is 2.56. The van der Waals surface area contributed by atoms with E-state index in [1.807, 2.05) is 30.3 Å². The molecular formula is C20H26N2O4S2. The standard InChI is InChI=1S/C20H26N2O4S2/c23-20(21-11-7-14-26-16-17-8-3-1-4-9-17)19-18(10-15-27-19)28(24,25)22-12-5-2-6-13-22/h1,3-4,8-10,15H,2,5-7,11-14,16H2,(H,21,23). The van der Waals surface area contributed by atoms with Crippen molar-refractivity contribution in [3.05, 3.63) is 52.2 Å². The van der Waals surface area contributed by atoms with Gasteiger partial charge in [0.2, 0.25) is 10.0 Å². The molecule has 0 bridgehead atoms. The summed E-state index contributed by atoms with van der Waals surface area (Å²) in [5, 5.41) is 4.47. The highest BCUT2D eigenvalue weighted by molar-refractivity contribution is 7.89. The molecule has 0 spiro atoms. The molecule has 1 amide bonds. The maximum Gasteiger partial charge on any atom is 0.262 e. The van der Waals surface area contributed by atoms with Gasteiger partial charge in [0.1, 0.15) is 9.77 Å². The molecule has 152 valence electrons. The number of ether oxygens (including phenoxy) is 1. The molecule has 28 heavy (non-hydrogen) atoms. The number of carbonyl (C=O) groups excluding carboxylic acids is 1. The summed E-state index contributed by atoms with van der Waals surface area (Å²) in [5.41, 5.74) is 1.11. The zero-order chi connectivity index (χ0) is 19.8. The molecule has 1 aromatic heterocycles. The topological polar surface area (TPSA) is 75.7 Å². The van der Waals surface area contributed by atoms with Crippen molar-refractivity contribution in [1.29, 1.82) is 0 Å². The Bertz CT molecular complexity index is 859. The molecule has 0 radical (unpaired) electrons. The van der Waals surface area contributed by atoms with Crippen molar-refractivity contribution in [2.24, 2.45) is 0 Å². The average molecular weight is 423 g/mol. The van der Waals surface area contributed by atoms with Crippen LogP contribution in [0.15, 0.2) is 46.7 Å². The maximum absolute atomic E-state index is 12.9. The van der Waals surface area contributed by atoms with Gasteiger partial charge in [0.15, 0.2) is 0 Å². The van der Waals surface area contributed by atoms with E-state index in [1.54, 1.807) is 5.38 Å². The van der Waals surface area contributed by atoms with E-state index >= 15 is 0 Å². The van der Waals surface area contributed by atoms with Crippen molar-refractivity contribution >= 4 is 27.3 Å². The number of thiophene rings is 1. The van der Waals surface area contributed by atoms with Crippen molar-refractivity contribution in [3.63, 3.8) is 0 Å². The number of piperidine rings is 1. The third-order valence-corrected chi connectivity index (χ3v) is 7.61. The predicted octanol–water partition coefficient (Wildman–Crippen LogP) is 3.26. The first-order valence-corrected chi connectivity index (χ1v) is 11.9. The molecule has 3 rings (SSSR count). The van der Waals surface area contributed by atoms with E-state index in [-0.39, 0.29) is 15.7 Å². The van der Waals surface area contributed by atoms with Gasteiger partial charge in [-0.2, -0.15) is 4.31 Å². The lowest BCUT2D eigenvalue weighted by molar-refractivity contribution is 0.0935. The second kappa shape index (κ2) is 10.2. The monoisotopic (exact) mass is 422 g/mol. The first-order chi connectivity index (χ1) is 13.6. The van der Waals surface area contributed by atoms with Crippen LogP contribution in [0.1, 0.15) is 40.9 Å². The molecule has 0 atom stereocenters. The van der Waals surface area contributed by atoms with Gasteiger partial charge in [0.05, 0.1) is 6.61 Å². The van der Waals surface area contributed by atoms with E-state index in [4.69, 9.17) is 4.74 Å². The van der Waals surface area contributed by atoms with Crippen molar-refractivity contribution in [3.8, 4) is 0 Å². The largest absolute Gasteiger partial charge is 0.377 e. The van der Waals surface area contributed by atoms with Gasteiger partial charge in [-0.1, -0.05) is 36.8 Å². The summed E-state index contributed by atoms with van der Waals surface area (Å²) >= 11 is 1.16. The summed E-state index contributed by atoms with van der Waals surface area (Å²) in [4.78, 5) is 12.9. The third-order valence-electron chi connectivity index (χ3n) is 4.63. The molecule has 0 unspecified atom stereocenters. The lowest BCUT2D eigenvalue weighted by Gasteiger charge is -2.25. The Kier molecular flexibility index (Phi) is 7.61. The molecule has 1 aromatic carbocycles. The molecule has 2 aromatic rings. The van der Waals surface area contributed by atoms with Gasteiger partial charge >= 0.3 is 0 Å². The van der Waals surface area contributed by atoms with Crippen LogP contribution in [0.25, 0.3) is 0 Å². The van der Waals surface area contributed by atoms with Gasteiger partial charge in [0, 0.05) is 26.2 Å².